The Morgan fingerprint density at radius 2 is 1.75 bits per heavy atom. The minimum absolute atomic E-state index is 0.0807. The molecule has 0 unspecified atom stereocenters. The molecule has 0 saturated carbocycles. The first-order valence-electron chi connectivity index (χ1n) is 8.31. The van der Waals surface area contributed by atoms with Gasteiger partial charge in [-0.3, -0.25) is 14.4 Å². The Bertz CT molecular complexity index is 966. The van der Waals surface area contributed by atoms with Gasteiger partial charge in [0.1, 0.15) is 0 Å². The quantitative estimate of drug-likeness (QED) is 0.410. The van der Waals surface area contributed by atoms with Gasteiger partial charge >= 0.3 is 0 Å². The van der Waals surface area contributed by atoms with Crippen molar-refractivity contribution in [1.82, 2.24) is 4.98 Å². The lowest BCUT2D eigenvalue weighted by atomic mass is 10.2. The first kappa shape index (κ1) is 20.2. The zero-order valence-electron chi connectivity index (χ0n) is 14.9. The molecule has 0 saturated heterocycles. The molecule has 28 heavy (non-hydrogen) atoms. The molecule has 0 atom stereocenters. The van der Waals surface area contributed by atoms with E-state index in [0.29, 0.717) is 22.8 Å². The third kappa shape index (κ3) is 6.01. The predicted molar refractivity (Wildman–Crippen MR) is 115 cm³/mol. The van der Waals surface area contributed by atoms with Crippen LogP contribution >= 0.6 is 34.4 Å². The van der Waals surface area contributed by atoms with Gasteiger partial charge in [-0.05, 0) is 35.7 Å². The average molecular weight is 432 g/mol. The van der Waals surface area contributed by atoms with E-state index in [2.05, 4.69) is 15.6 Å². The molecule has 9 heteroatoms. The highest BCUT2D eigenvalue weighted by atomic mass is 32.2. The summed E-state index contributed by atoms with van der Waals surface area (Å²) < 4.78 is 0.771. The second kappa shape index (κ2) is 9.63. The number of carbonyl (C=O) groups excluding carboxylic acids is 3. The molecule has 2 N–H and O–H groups in total. The minimum atomic E-state index is -0.177. The van der Waals surface area contributed by atoms with E-state index in [1.165, 1.54) is 41.4 Å². The van der Waals surface area contributed by atoms with Crippen LogP contribution in [0.5, 0.6) is 0 Å². The van der Waals surface area contributed by atoms with Crippen molar-refractivity contribution in [2.75, 3.05) is 16.4 Å². The summed E-state index contributed by atoms with van der Waals surface area (Å²) in [4.78, 5) is 40.4. The van der Waals surface area contributed by atoms with Crippen LogP contribution in [0, 0.1) is 0 Å². The zero-order chi connectivity index (χ0) is 19.9. The van der Waals surface area contributed by atoms with Crippen LogP contribution in [0.2, 0.25) is 0 Å². The summed E-state index contributed by atoms with van der Waals surface area (Å²) in [6.45, 7) is 1.44. The van der Waals surface area contributed by atoms with Crippen LogP contribution in [-0.4, -0.2) is 28.3 Å². The molecule has 0 spiro atoms. The van der Waals surface area contributed by atoms with Gasteiger partial charge in [0.15, 0.2) is 10.1 Å². The molecular formula is C19H17N3O3S3. The number of ketones is 1. The Balaban J connectivity index is 1.48. The fourth-order valence-corrected chi connectivity index (χ4v) is 4.77. The van der Waals surface area contributed by atoms with Gasteiger partial charge in [-0.2, -0.15) is 0 Å². The normalized spacial score (nSPS) is 10.5. The molecule has 2 amide bonds. The van der Waals surface area contributed by atoms with Gasteiger partial charge in [-0.1, -0.05) is 17.8 Å². The highest BCUT2D eigenvalue weighted by molar-refractivity contribution is 8.01. The third-order valence-corrected chi connectivity index (χ3v) is 6.46. The van der Waals surface area contributed by atoms with E-state index in [1.807, 2.05) is 22.9 Å². The lowest BCUT2D eigenvalue weighted by Gasteiger charge is -2.06. The minimum Gasteiger partial charge on any atom is -0.326 e. The lowest BCUT2D eigenvalue weighted by Crippen LogP contribution is -2.14. The van der Waals surface area contributed by atoms with Crippen LogP contribution in [0.15, 0.2) is 51.5 Å². The summed E-state index contributed by atoms with van der Waals surface area (Å²) >= 11 is 4.24. The molecule has 2 aromatic heterocycles. The van der Waals surface area contributed by atoms with Gasteiger partial charge < -0.3 is 10.6 Å². The number of carbonyl (C=O) groups is 3. The van der Waals surface area contributed by atoms with Gasteiger partial charge in [-0.25, -0.2) is 4.98 Å². The number of benzene rings is 1. The molecule has 3 rings (SSSR count). The fraction of sp³-hybridized carbons (Fsp3) is 0.158. The van der Waals surface area contributed by atoms with Gasteiger partial charge in [0.25, 0.3) is 0 Å². The predicted octanol–water partition coefficient (Wildman–Crippen LogP) is 4.32. The Hall–Kier alpha value is -2.49. The summed E-state index contributed by atoms with van der Waals surface area (Å²) in [6, 6.07) is 10.6. The smallest absolute Gasteiger partial charge is 0.230 e. The second-order valence-electron chi connectivity index (χ2n) is 5.78. The van der Waals surface area contributed by atoms with Crippen LogP contribution in [0.3, 0.4) is 0 Å². The monoisotopic (exact) mass is 431 g/mol. The van der Waals surface area contributed by atoms with E-state index in [0.717, 1.165) is 9.22 Å². The van der Waals surface area contributed by atoms with Crippen LogP contribution in [0.25, 0.3) is 0 Å². The van der Waals surface area contributed by atoms with E-state index in [-0.39, 0.29) is 24.0 Å². The number of thiophene rings is 1. The van der Waals surface area contributed by atoms with Crippen LogP contribution < -0.4 is 10.6 Å². The highest BCUT2D eigenvalue weighted by Crippen LogP contribution is 2.25. The van der Waals surface area contributed by atoms with Crippen molar-refractivity contribution in [2.45, 2.75) is 17.7 Å². The summed E-state index contributed by atoms with van der Waals surface area (Å²) in [5, 5.41) is 9.18. The Morgan fingerprint density at radius 3 is 2.39 bits per heavy atom. The van der Waals surface area contributed by atoms with E-state index in [4.69, 9.17) is 0 Å². The first-order chi connectivity index (χ1) is 13.5. The van der Waals surface area contributed by atoms with E-state index < -0.39 is 0 Å². The van der Waals surface area contributed by atoms with Crippen molar-refractivity contribution in [3.8, 4) is 0 Å². The van der Waals surface area contributed by atoms with Crippen molar-refractivity contribution < 1.29 is 14.4 Å². The molecule has 0 aliphatic rings. The zero-order valence-corrected chi connectivity index (χ0v) is 17.4. The molecule has 0 radical (unpaired) electrons. The molecule has 0 fully saturated rings. The van der Waals surface area contributed by atoms with Crippen LogP contribution in [-0.2, 0) is 16.0 Å². The number of Topliss-reactive ketones (excluding diaryl/α,β-unsaturated/α-hetero) is 1. The maximum Gasteiger partial charge on any atom is 0.230 e. The summed E-state index contributed by atoms with van der Waals surface area (Å²) in [5.41, 5.74) is 1.98. The standard InChI is InChI=1S/C19H17N3O3S3/c1-12(23)20-13-4-6-14(7-5-13)21-18(25)9-15-10-27-19(22-15)28-11-16(24)17-3-2-8-26-17/h2-8,10H,9,11H2,1H3,(H,20,23)(H,21,25). The molecular weight excluding hydrogens is 414 g/mol. The fourth-order valence-electron chi connectivity index (χ4n) is 2.28. The second-order valence-corrected chi connectivity index (χ2v) is 8.81. The molecule has 0 bridgehead atoms. The van der Waals surface area contributed by atoms with Crippen LogP contribution in [0.1, 0.15) is 22.3 Å². The molecule has 6 nitrogen and oxygen atoms in total. The number of nitrogens with zero attached hydrogens (tertiary/aromatic N) is 1. The summed E-state index contributed by atoms with van der Waals surface area (Å²) in [7, 11) is 0. The number of hydrogen-bond acceptors (Lipinski definition) is 7. The van der Waals surface area contributed by atoms with Crippen LogP contribution in [0.4, 0.5) is 11.4 Å². The Kier molecular flexibility index (Phi) is 6.96. The van der Waals surface area contributed by atoms with E-state index in [1.54, 1.807) is 24.3 Å². The molecule has 2 heterocycles. The van der Waals surface area contributed by atoms with Crippen molar-refractivity contribution in [2.24, 2.45) is 0 Å². The summed E-state index contributed by atoms with van der Waals surface area (Å²) in [6.07, 6.45) is 0.156. The van der Waals surface area contributed by atoms with Crippen molar-refractivity contribution in [3.05, 3.63) is 57.7 Å². The molecule has 3 aromatic rings. The van der Waals surface area contributed by atoms with E-state index in [9.17, 15) is 14.4 Å². The van der Waals surface area contributed by atoms with Crippen molar-refractivity contribution >= 4 is 63.4 Å². The lowest BCUT2D eigenvalue weighted by molar-refractivity contribution is -0.116. The topological polar surface area (TPSA) is 88.2 Å². The Labute approximate surface area is 174 Å². The SMILES string of the molecule is CC(=O)Nc1ccc(NC(=O)Cc2csc(SCC(=O)c3cccs3)n2)cc1. The highest BCUT2D eigenvalue weighted by Gasteiger charge is 2.12. The van der Waals surface area contributed by atoms with Gasteiger partial charge in [0, 0.05) is 23.7 Å². The largest absolute Gasteiger partial charge is 0.326 e. The van der Waals surface area contributed by atoms with Gasteiger partial charge in [-0.15, -0.1) is 22.7 Å². The average Bonchev–Trinajstić information content (AvgIpc) is 3.33. The number of thiazole rings is 1. The number of amides is 2. The molecule has 1 aromatic carbocycles. The molecule has 144 valence electrons. The number of aromatic nitrogens is 1. The molecule has 0 aliphatic heterocycles. The number of rotatable bonds is 8. The summed E-state index contributed by atoms with van der Waals surface area (Å²) in [5.74, 6) is 0.0902. The maximum atomic E-state index is 12.2. The van der Waals surface area contributed by atoms with E-state index >= 15 is 0 Å². The number of nitrogens with one attached hydrogen (secondary N) is 2. The number of anilines is 2. The first-order valence-corrected chi connectivity index (χ1v) is 11.1. The third-order valence-electron chi connectivity index (χ3n) is 3.48. The van der Waals surface area contributed by atoms with Gasteiger partial charge in [0.05, 0.1) is 22.7 Å². The van der Waals surface area contributed by atoms with Crippen molar-refractivity contribution in [3.63, 3.8) is 0 Å². The van der Waals surface area contributed by atoms with Crippen molar-refractivity contribution in [1.29, 1.82) is 0 Å². The molecule has 0 aliphatic carbocycles. The number of thioether (sulfide) groups is 1. The Morgan fingerprint density at radius 1 is 1.04 bits per heavy atom. The van der Waals surface area contributed by atoms with Gasteiger partial charge in [0.2, 0.25) is 11.8 Å². The number of hydrogen-bond donors (Lipinski definition) is 2. The maximum absolute atomic E-state index is 12.2.